The molecule has 3 nitrogen and oxygen atoms in total. The smallest absolute Gasteiger partial charge is 0.308 e. The van der Waals surface area contributed by atoms with E-state index in [2.05, 4.69) is 10.6 Å². The van der Waals surface area contributed by atoms with Crippen LogP contribution in [-0.2, 0) is 0 Å². The molecule has 0 aromatic heterocycles. The molecule has 104 valence electrons. The Morgan fingerprint density at radius 1 is 0.850 bits per heavy atom. The molecule has 0 fully saturated rings. The number of benzene rings is 2. The van der Waals surface area contributed by atoms with E-state index < -0.39 is 0 Å². The summed E-state index contributed by atoms with van der Waals surface area (Å²) in [6, 6.07) is 10.4. The largest absolute Gasteiger partial charge is 0.323 e. The predicted molar refractivity (Wildman–Crippen MR) is 85.0 cm³/mol. The normalized spacial score (nSPS) is 10.2. The van der Waals surface area contributed by atoms with Gasteiger partial charge in [-0.15, -0.1) is 0 Å². The Bertz CT molecular complexity index is 601. The number of urea groups is 1. The molecule has 2 aromatic rings. The minimum Gasteiger partial charge on any atom is -0.308 e. The predicted octanol–water partition coefficient (Wildman–Crippen LogP) is 5.25. The van der Waals surface area contributed by atoms with E-state index in [4.69, 9.17) is 23.2 Å². The number of carbonyl (C=O) groups is 1. The van der Waals surface area contributed by atoms with Crippen LogP contribution < -0.4 is 10.6 Å². The van der Waals surface area contributed by atoms with Crippen LogP contribution >= 0.6 is 23.2 Å². The van der Waals surface area contributed by atoms with Crippen LogP contribution in [0.5, 0.6) is 0 Å². The standard InChI is InChI=1S/C15H14Cl2N2O/c1-9-3-5-11(7-13(9)16)18-15(20)19-12-6-4-10(2)14(17)8-12/h3-8H,1-2H3,(H2,18,19,20). The molecule has 0 radical (unpaired) electrons. The van der Waals surface area contributed by atoms with Gasteiger partial charge in [-0.2, -0.15) is 0 Å². The first-order valence-corrected chi connectivity index (χ1v) is 6.81. The van der Waals surface area contributed by atoms with Gasteiger partial charge < -0.3 is 10.6 Å². The Hall–Kier alpha value is -1.71. The van der Waals surface area contributed by atoms with E-state index in [0.717, 1.165) is 11.1 Å². The van der Waals surface area contributed by atoms with Crippen molar-refractivity contribution in [3.05, 3.63) is 57.6 Å². The third kappa shape index (κ3) is 3.65. The summed E-state index contributed by atoms with van der Waals surface area (Å²) >= 11 is 12.0. The lowest BCUT2D eigenvalue weighted by atomic mass is 10.2. The van der Waals surface area contributed by atoms with Crippen molar-refractivity contribution in [2.45, 2.75) is 13.8 Å². The molecule has 0 bridgehead atoms. The van der Waals surface area contributed by atoms with Crippen molar-refractivity contribution in [1.29, 1.82) is 0 Å². The Balaban J connectivity index is 2.04. The number of aryl methyl sites for hydroxylation is 2. The molecule has 2 N–H and O–H groups in total. The summed E-state index contributed by atoms with van der Waals surface area (Å²) in [5.41, 5.74) is 3.19. The highest BCUT2D eigenvalue weighted by Crippen LogP contribution is 2.22. The zero-order valence-electron chi connectivity index (χ0n) is 11.1. The summed E-state index contributed by atoms with van der Waals surface area (Å²) in [6.45, 7) is 3.81. The lowest BCUT2D eigenvalue weighted by Crippen LogP contribution is -2.19. The highest BCUT2D eigenvalue weighted by Gasteiger charge is 2.05. The van der Waals surface area contributed by atoms with Crippen LogP contribution in [0.2, 0.25) is 10.0 Å². The third-order valence-electron chi connectivity index (χ3n) is 2.86. The molecule has 2 amide bonds. The molecule has 0 heterocycles. The molecule has 0 spiro atoms. The first-order valence-electron chi connectivity index (χ1n) is 6.06. The second kappa shape index (κ2) is 6.16. The fourth-order valence-electron chi connectivity index (χ4n) is 1.63. The van der Waals surface area contributed by atoms with Crippen LogP contribution in [-0.4, -0.2) is 6.03 Å². The number of anilines is 2. The van der Waals surface area contributed by atoms with Gasteiger partial charge in [0, 0.05) is 21.4 Å². The summed E-state index contributed by atoms with van der Waals surface area (Å²) < 4.78 is 0. The van der Waals surface area contributed by atoms with E-state index >= 15 is 0 Å². The Labute approximate surface area is 127 Å². The van der Waals surface area contributed by atoms with E-state index in [0.29, 0.717) is 21.4 Å². The van der Waals surface area contributed by atoms with Crippen LogP contribution in [0.25, 0.3) is 0 Å². The third-order valence-corrected chi connectivity index (χ3v) is 3.67. The van der Waals surface area contributed by atoms with Crippen LogP contribution in [0.3, 0.4) is 0 Å². The van der Waals surface area contributed by atoms with Gasteiger partial charge in [0.25, 0.3) is 0 Å². The summed E-state index contributed by atoms with van der Waals surface area (Å²) in [7, 11) is 0. The van der Waals surface area contributed by atoms with Gasteiger partial charge in [0.15, 0.2) is 0 Å². The molecule has 2 aromatic carbocycles. The molecule has 0 aliphatic carbocycles. The van der Waals surface area contributed by atoms with Crippen molar-refractivity contribution < 1.29 is 4.79 Å². The minimum atomic E-state index is -0.343. The van der Waals surface area contributed by atoms with Gasteiger partial charge in [-0.25, -0.2) is 4.79 Å². The van der Waals surface area contributed by atoms with E-state index in [1.807, 2.05) is 26.0 Å². The van der Waals surface area contributed by atoms with Crippen molar-refractivity contribution >= 4 is 40.6 Å². The highest BCUT2D eigenvalue weighted by atomic mass is 35.5. The molecule has 2 rings (SSSR count). The SMILES string of the molecule is Cc1ccc(NC(=O)Nc2ccc(C)c(Cl)c2)cc1Cl. The quantitative estimate of drug-likeness (QED) is 0.781. The molecule has 0 atom stereocenters. The van der Waals surface area contributed by atoms with Gasteiger partial charge in [-0.05, 0) is 49.2 Å². The van der Waals surface area contributed by atoms with Gasteiger partial charge in [0.1, 0.15) is 0 Å². The maximum absolute atomic E-state index is 11.9. The van der Waals surface area contributed by atoms with Crippen molar-refractivity contribution in [2.75, 3.05) is 10.6 Å². The highest BCUT2D eigenvalue weighted by molar-refractivity contribution is 6.32. The molecule has 0 saturated heterocycles. The zero-order valence-corrected chi connectivity index (χ0v) is 12.6. The monoisotopic (exact) mass is 308 g/mol. The minimum absolute atomic E-state index is 0.343. The second-order valence-electron chi connectivity index (χ2n) is 4.51. The van der Waals surface area contributed by atoms with Crippen molar-refractivity contribution in [3.8, 4) is 0 Å². The van der Waals surface area contributed by atoms with E-state index in [1.54, 1.807) is 24.3 Å². The molecular weight excluding hydrogens is 295 g/mol. The molecule has 0 unspecified atom stereocenters. The number of rotatable bonds is 2. The van der Waals surface area contributed by atoms with E-state index in [1.165, 1.54) is 0 Å². The van der Waals surface area contributed by atoms with Gasteiger partial charge in [-0.1, -0.05) is 35.3 Å². The summed E-state index contributed by atoms with van der Waals surface area (Å²) in [4.78, 5) is 11.9. The summed E-state index contributed by atoms with van der Waals surface area (Å²) in [5.74, 6) is 0. The van der Waals surface area contributed by atoms with Gasteiger partial charge in [0.2, 0.25) is 0 Å². The van der Waals surface area contributed by atoms with Crippen LogP contribution in [0.4, 0.5) is 16.2 Å². The van der Waals surface area contributed by atoms with E-state index in [9.17, 15) is 4.79 Å². The average Bonchev–Trinajstić information content (AvgIpc) is 2.38. The topological polar surface area (TPSA) is 41.1 Å². The first-order chi connectivity index (χ1) is 9.45. The number of hydrogen-bond donors (Lipinski definition) is 2. The van der Waals surface area contributed by atoms with Crippen LogP contribution in [0.15, 0.2) is 36.4 Å². The van der Waals surface area contributed by atoms with Gasteiger partial charge in [-0.3, -0.25) is 0 Å². The molecule has 0 aliphatic rings. The van der Waals surface area contributed by atoms with Gasteiger partial charge in [0.05, 0.1) is 0 Å². The number of hydrogen-bond acceptors (Lipinski definition) is 1. The zero-order chi connectivity index (χ0) is 14.7. The first kappa shape index (κ1) is 14.7. The van der Waals surface area contributed by atoms with Crippen LogP contribution in [0, 0.1) is 13.8 Å². The van der Waals surface area contributed by atoms with Crippen molar-refractivity contribution in [2.24, 2.45) is 0 Å². The number of carbonyl (C=O) groups excluding carboxylic acids is 1. The Kier molecular flexibility index (Phi) is 4.53. The molecule has 0 saturated carbocycles. The summed E-state index contributed by atoms with van der Waals surface area (Å²) in [6.07, 6.45) is 0. The lowest BCUT2D eigenvalue weighted by Gasteiger charge is -2.09. The fourth-order valence-corrected chi connectivity index (χ4v) is 2.00. The van der Waals surface area contributed by atoms with Crippen molar-refractivity contribution in [1.82, 2.24) is 0 Å². The Morgan fingerprint density at radius 3 is 1.60 bits per heavy atom. The number of amides is 2. The van der Waals surface area contributed by atoms with Gasteiger partial charge >= 0.3 is 6.03 Å². The molecular formula is C15H14Cl2N2O. The number of nitrogens with one attached hydrogen (secondary N) is 2. The molecule has 20 heavy (non-hydrogen) atoms. The second-order valence-corrected chi connectivity index (χ2v) is 5.32. The van der Waals surface area contributed by atoms with Crippen molar-refractivity contribution in [3.63, 3.8) is 0 Å². The summed E-state index contributed by atoms with van der Waals surface area (Å²) in [5, 5.41) is 6.65. The molecule has 0 aliphatic heterocycles. The average molecular weight is 309 g/mol. The Morgan fingerprint density at radius 2 is 1.25 bits per heavy atom. The lowest BCUT2D eigenvalue weighted by molar-refractivity contribution is 0.262. The van der Waals surface area contributed by atoms with Crippen LogP contribution in [0.1, 0.15) is 11.1 Å². The maximum atomic E-state index is 11.9. The van der Waals surface area contributed by atoms with E-state index in [-0.39, 0.29) is 6.03 Å². The molecule has 5 heteroatoms. The number of halogens is 2. The maximum Gasteiger partial charge on any atom is 0.323 e. The fraction of sp³-hybridized carbons (Fsp3) is 0.133.